The largest absolute Gasteiger partial charge is 0.492 e. The normalized spacial score (nSPS) is 19.0. The first-order valence-corrected chi connectivity index (χ1v) is 12.6. The molecule has 2 heterocycles. The van der Waals surface area contributed by atoms with E-state index in [0.29, 0.717) is 19.6 Å². The first kappa shape index (κ1) is 25.2. The monoisotopic (exact) mass is 502 g/mol. The van der Waals surface area contributed by atoms with Crippen molar-refractivity contribution >= 4 is 5.97 Å². The second-order valence-corrected chi connectivity index (χ2v) is 10.4. The summed E-state index contributed by atoms with van der Waals surface area (Å²) in [5.74, 6) is 2.19. The minimum atomic E-state index is -0.415. The molecule has 2 aliphatic heterocycles. The first-order valence-electron chi connectivity index (χ1n) is 12.6. The highest BCUT2D eigenvalue weighted by Crippen LogP contribution is 2.49. The van der Waals surface area contributed by atoms with Crippen LogP contribution in [0.4, 0.5) is 0 Å². The van der Waals surface area contributed by atoms with Crippen LogP contribution in [0.3, 0.4) is 0 Å². The lowest BCUT2D eigenvalue weighted by molar-refractivity contribution is -0.141. The van der Waals surface area contributed by atoms with Crippen molar-refractivity contribution in [1.29, 1.82) is 0 Å². The minimum absolute atomic E-state index is 0.0145. The third kappa shape index (κ3) is 4.66. The second kappa shape index (κ2) is 9.75. The molecular weight excluding hydrogens is 468 g/mol. The van der Waals surface area contributed by atoms with E-state index in [1.165, 1.54) is 23.8 Å². The Kier molecular flexibility index (Phi) is 6.63. The van der Waals surface area contributed by atoms with Crippen molar-refractivity contribution in [3.63, 3.8) is 0 Å². The Morgan fingerprint density at radius 2 is 1.86 bits per heavy atom. The Bertz CT molecular complexity index is 1340. The van der Waals surface area contributed by atoms with Gasteiger partial charge >= 0.3 is 5.97 Å². The van der Waals surface area contributed by atoms with Crippen LogP contribution >= 0.6 is 0 Å². The molecule has 3 aromatic carbocycles. The number of carbonyl (C=O) groups excluding carboxylic acids is 1. The molecule has 0 bridgehead atoms. The molecule has 3 aromatic rings. The van der Waals surface area contributed by atoms with Crippen LogP contribution in [0.15, 0.2) is 48.5 Å². The van der Waals surface area contributed by atoms with Gasteiger partial charge in [-0.1, -0.05) is 24.3 Å². The van der Waals surface area contributed by atoms with Crippen LogP contribution in [0, 0.1) is 13.8 Å². The molecule has 6 heteroatoms. The van der Waals surface area contributed by atoms with Gasteiger partial charge in [0, 0.05) is 30.2 Å². The van der Waals surface area contributed by atoms with E-state index in [-0.39, 0.29) is 18.0 Å². The highest BCUT2D eigenvalue weighted by Gasteiger charge is 2.43. The molecule has 0 amide bonds. The van der Waals surface area contributed by atoms with Gasteiger partial charge in [0.25, 0.3) is 0 Å². The molecule has 0 aliphatic carbocycles. The summed E-state index contributed by atoms with van der Waals surface area (Å²) in [5.41, 5.74) is 7.49. The van der Waals surface area contributed by atoms with Gasteiger partial charge in [0.2, 0.25) is 0 Å². The number of benzene rings is 3. The molecule has 0 radical (unpaired) electrons. The molecule has 37 heavy (non-hydrogen) atoms. The van der Waals surface area contributed by atoms with Gasteiger partial charge in [0.05, 0.1) is 20.1 Å². The first-order chi connectivity index (χ1) is 17.7. The zero-order chi connectivity index (χ0) is 26.3. The van der Waals surface area contributed by atoms with Gasteiger partial charge in [-0.25, -0.2) is 0 Å². The topological polar surface area (TPSA) is 63.2 Å². The number of aryl methyl sites for hydroxylation is 1. The molecule has 6 nitrogen and oxygen atoms in total. The van der Waals surface area contributed by atoms with Crippen molar-refractivity contribution in [3.8, 4) is 28.4 Å². The summed E-state index contributed by atoms with van der Waals surface area (Å²) in [6.45, 7) is 9.31. The molecule has 5 rings (SSSR count). The standard InChI is InChI=1S/C31H34O6/c1-18-12-26-29(30(34-6)31(3,4)37-26)19(2)28(18)21-9-7-8-20(13-21)16-35-23-10-11-24-22(14-27(32)33-5)17-36-25(24)15-23/h7-13,15,22,30H,14,16-17H2,1-6H3. The van der Waals surface area contributed by atoms with Gasteiger partial charge in [-0.3, -0.25) is 4.79 Å². The smallest absolute Gasteiger partial charge is 0.306 e. The van der Waals surface area contributed by atoms with E-state index in [9.17, 15) is 4.79 Å². The summed E-state index contributed by atoms with van der Waals surface area (Å²) in [4.78, 5) is 11.7. The average Bonchev–Trinajstić information content (AvgIpc) is 3.38. The zero-order valence-electron chi connectivity index (χ0n) is 22.3. The van der Waals surface area contributed by atoms with Crippen molar-refractivity contribution in [2.45, 2.75) is 58.3 Å². The van der Waals surface area contributed by atoms with E-state index in [1.807, 2.05) is 18.2 Å². The maximum Gasteiger partial charge on any atom is 0.306 e. The third-order valence-corrected chi connectivity index (χ3v) is 7.42. The highest BCUT2D eigenvalue weighted by molar-refractivity contribution is 5.75. The molecule has 0 saturated heterocycles. The molecule has 2 unspecified atom stereocenters. The average molecular weight is 503 g/mol. The fourth-order valence-electron chi connectivity index (χ4n) is 5.69. The quantitative estimate of drug-likeness (QED) is 0.346. The number of esters is 1. The van der Waals surface area contributed by atoms with Crippen LogP contribution in [0.5, 0.6) is 17.2 Å². The molecule has 0 saturated carbocycles. The van der Waals surface area contributed by atoms with Crippen LogP contribution in [-0.4, -0.2) is 32.4 Å². The summed E-state index contributed by atoms with van der Waals surface area (Å²) < 4.78 is 28.9. The van der Waals surface area contributed by atoms with E-state index in [1.54, 1.807) is 7.11 Å². The third-order valence-electron chi connectivity index (χ3n) is 7.42. The lowest BCUT2D eigenvalue weighted by atomic mass is 9.87. The lowest BCUT2D eigenvalue weighted by Crippen LogP contribution is -2.31. The highest BCUT2D eigenvalue weighted by atomic mass is 16.6. The summed E-state index contributed by atoms with van der Waals surface area (Å²) >= 11 is 0. The number of hydrogen-bond acceptors (Lipinski definition) is 6. The number of ether oxygens (including phenoxy) is 5. The van der Waals surface area contributed by atoms with Gasteiger partial charge in [0.15, 0.2) is 0 Å². The molecule has 2 aliphatic rings. The van der Waals surface area contributed by atoms with E-state index < -0.39 is 5.60 Å². The number of rotatable bonds is 7. The summed E-state index contributed by atoms with van der Waals surface area (Å²) in [6, 6.07) is 16.4. The van der Waals surface area contributed by atoms with Gasteiger partial charge in [0.1, 0.15) is 35.6 Å². The van der Waals surface area contributed by atoms with Crippen LogP contribution in [-0.2, 0) is 20.9 Å². The molecule has 0 spiro atoms. The van der Waals surface area contributed by atoms with Gasteiger partial charge < -0.3 is 23.7 Å². The minimum Gasteiger partial charge on any atom is -0.492 e. The van der Waals surface area contributed by atoms with E-state index in [2.05, 4.69) is 58.0 Å². The Morgan fingerprint density at radius 1 is 1.05 bits per heavy atom. The summed E-state index contributed by atoms with van der Waals surface area (Å²) in [5, 5.41) is 0. The van der Waals surface area contributed by atoms with Crippen molar-refractivity contribution in [3.05, 3.63) is 76.3 Å². The van der Waals surface area contributed by atoms with Crippen LogP contribution in [0.2, 0.25) is 0 Å². The van der Waals surface area contributed by atoms with Crippen LogP contribution in [0.1, 0.15) is 60.1 Å². The fourth-order valence-corrected chi connectivity index (χ4v) is 5.69. The SMILES string of the molecule is COC(=O)CC1COc2cc(OCc3cccc(-c4c(C)cc5c(c4C)C(OC)C(C)(C)O5)c3)ccc21. The molecule has 194 valence electrons. The maximum absolute atomic E-state index is 11.7. The predicted octanol–water partition coefficient (Wildman–Crippen LogP) is 6.45. The maximum atomic E-state index is 11.7. The van der Waals surface area contributed by atoms with Gasteiger partial charge in [-0.2, -0.15) is 0 Å². The van der Waals surface area contributed by atoms with Crippen LogP contribution in [0.25, 0.3) is 11.1 Å². The van der Waals surface area contributed by atoms with Crippen molar-refractivity contribution in [1.82, 2.24) is 0 Å². The number of fused-ring (bicyclic) bond motifs is 2. The lowest BCUT2D eigenvalue weighted by Gasteiger charge is -2.25. The Hall–Kier alpha value is -3.51. The van der Waals surface area contributed by atoms with Gasteiger partial charge in [-0.15, -0.1) is 0 Å². The predicted molar refractivity (Wildman–Crippen MR) is 141 cm³/mol. The fraction of sp³-hybridized carbons (Fsp3) is 0.387. The number of methoxy groups -OCH3 is 2. The molecule has 0 N–H and O–H groups in total. The number of carbonyl (C=O) groups is 1. The van der Waals surface area contributed by atoms with E-state index >= 15 is 0 Å². The molecule has 0 fully saturated rings. The van der Waals surface area contributed by atoms with E-state index in [0.717, 1.165) is 39.5 Å². The molecule has 0 aromatic heterocycles. The van der Waals surface area contributed by atoms with Crippen molar-refractivity contribution in [2.24, 2.45) is 0 Å². The molecular formula is C31H34O6. The Labute approximate surface area is 218 Å². The van der Waals surface area contributed by atoms with Gasteiger partial charge in [-0.05, 0) is 73.7 Å². The summed E-state index contributed by atoms with van der Waals surface area (Å²) in [6.07, 6.45) is 0.190. The summed E-state index contributed by atoms with van der Waals surface area (Å²) in [7, 11) is 3.15. The Morgan fingerprint density at radius 3 is 2.62 bits per heavy atom. The Balaban J connectivity index is 1.35. The van der Waals surface area contributed by atoms with Crippen LogP contribution < -0.4 is 14.2 Å². The van der Waals surface area contributed by atoms with E-state index in [4.69, 9.17) is 23.7 Å². The molecule has 2 atom stereocenters. The van der Waals surface area contributed by atoms with Crippen molar-refractivity contribution in [2.75, 3.05) is 20.8 Å². The van der Waals surface area contributed by atoms with Crippen molar-refractivity contribution < 1.29 is 28.5 Å². The zero-order valence-corrected chi connectivity index (χ0v) is 22.3. The second-order valence-electron chi connectivity index (χ2n) is 10.4. The number of hydrogen-bond donors (Lipinski definition) is 0.